The summed E-state index contributed by atoms with van der Waals surface area (Å²) in [6, 6.07) is 36.9. The van der Waals surface area contributed by atoms with E-state index in [4.69, 9.17) is 4.74 Å². The van der Waals surface area contributed by atoms with Gasteiger partial charge in [0.25, 0.3) is 6.71 Å². The Bertz CT molecular complexity index is 3070. The number of hydrogen-bond donors (Lipinski definition) is 0. The molecule has 0 N–H and O–H groups in total. The van der Waals surface area contributed by atoms with Gasteiger partial charge in [-0.25, -0.2) is 0 Å². The Morgan fingerprint density at radius 3 is 1.39 bits per heavy atom. The van der Waals surface area contributed by atoms with Crippen LogP contribution in [0.5, 0.6) is 0 Å². The zero-order valence-corrected chi connectivity index (χ0v) is 45.9. The van der Waals surface area contributed by atoms with Crippen molar-refractivity contribution in [2.24, 2.45) is 16.7 Å². The quantitative estimate of drug-likeness (QED) is 0.168. The summed E-state index contributed by atoms with van der Waals surface area (Å²) in [6.07, 6.45) is 9.49. The Balaban J connectivity index is 1.23. The van der Waals surface area contributed by atoms with Gasteiger partial charge in [0.15, 0.2) is 5.88 Å². The minimum Gasteiger partial charge on any atom is -0.475 e. The van der Waals surface area contributed by atoms with Crippen LogP contribution in [0, 0.1) is 16.7 Å². The molecule has 0 bridgehead atoms. The Labute approximate surface area is 423 Å². The van der Waals surface area contributed by atoms with Crippen LogP contribution in [0.15, 0.2) is 102 Å². The fourth-order valence-corrected chi connectivity index (χ4v) is 15.2. The molecule has 1 saturated carbocycles. The van der Waals surface area contributed by atoms with Crippen molar-refractivity contribution in [3.63, 3.8) is 0 Å². The van der Waals surface area contributed by atoms with Crippen molar-refractivity contribution >= 4 is 46.1 Å². The zero-order valence-electron chi connectivity index (χ0n) is 45.9. The van der Waals surface area contributed by atoms with Crippen LogP contribution in [0.3, 0.4) is 0 Å². The van der Waals surface area contributed by atoms with Gasteiger partial charge >= 0.3 is 0 Å². The van der Waals surface area contributed by atoms with Crippen molar-refractivity contribution in [1.29, 1.82) is 0 Å². The van der Waals surface area contributed by atoms with E-state index in [1.807, 2.05) is 0 Å². The van der Waals surface area contributed by atoms with Crippen molar-refractivity contribution in [2.45, 2.75) is 201 Å². The zero-order chi connectivity index (χ0) is 49.7. The van der Waals surface area contributed by atoms with Crippen molar-refractivity contribution in [3.8, 4) is 11.1 Å². The highest BCUT2D eigenvalue weighted by molar-refractivity contribution is 6.95. The molecule has 3 aliphatic heterocycles. The molecule has 3 heterocycles. The Morgan fingerprint density at radius 2 is 0.857 bits per heavy atom. The first kappa shape index (κ1) is 46.4. The maximum Gasteiger partial charge on any atom is 0.252 e. The lowest BCUT2D eigenvalue weighted by atomic mass is 9.29. The van der Waals surface area contributed by atoms with Gasteiger partial charge < -0.3 is 9.64 Å². The first-order valence-electron chi connectivity index (χ1n) is 27.4. The molecule has 0 aromatic heterocycles. The highest BCUT2D eigenvalue weighted by Crippen LogP contribution is 2.62. The van der Waals surface area contributed by atoms with Crippen LogP contribution in [0.25, 0.3) is 11.1 Å². The minimum atomic E-state index is 0.00435. The van der Waals surface area contributed by atoms with Crippen molar-refractivity contribution < 1.29 is 4.74 Å². The predicted molar refractivity (Wildman–Crippen MR) is 298 cm³/mol. The van der Waals surface area contributed by atoms with E-state index in [0.29, 0.717) is 0 Å². The van der Waals surface area contributed by atoms with E-state index in [2.05, 4.69) is 212 Å². The molecule has 5 aromatic rings. The van der Waals surface area contributed by atoms with E-state index in [-0.39, 0.29) is 62.1 Å². The van der Waals surface area contributed by atoms with E-state index in [1.165, 1.54) is 134 Å². The molecular weight excluding hydrogens is 848 g/mol. The summed E-state index contributed by atoms with van der Waals surface area (Å²) in [5.74, 6) is 1.34. The van der Waals surface area contributed by atoms with Crippen LogP contribution < -0.4 is 20.7 Å². The first-order valence-corrected chi connectivity index (χ1v) is 27.4. The maximum atomic E-state index is 7.93. The summed E-state index contributed by atoms with van der Waals surface area (Å²) in [4.78, 5) is 5.39. The van der Waals surface area contributed by atoms with Gasteiger partial charge in [-0.2, -0.15) is 0 Å². The van der Waals surface area contributed by atoms with Gasteiger partial charge in [-0.1, -0.05) is 159 Å². The average Bonchev–Trinajstić information content (AvgIpc) is 3.73. The number of nitrogens with zero attached hydrogens (tertiary/aromatic N) is 2. The molecule has 3 nitrogen and oxygen atoms in total. The highest BCUT2D eigenvalue weighted by atomic mass is 16.5. The molecule has 4 aliphatic carbocycles. The van der Waals surface area contributed by atoms with Crippen LogP contribution in [0.1, 0.15) is 196 Å². The van der Waals surface area contributed by atoms with Gasteiger partial charge in [-0.3, -0.25) is 4.90 Å². The second-order valence-corrected chi connectivity index (χ2v) is 28.9. The van der Waals surface area contributed by atoms with Crippen LogP contribution in [0.2, 0.25) is 0 Å². The largest absolute Gasteiger partial charge is 0.475 e. The normalized spacial score (nSPS) is 25.9. The molecule has 4 heteroatoms. The molecule has 2 atom stereocenters. The molecule has 364 valence electrons. The molecule has 5 aromatic carbocycles. The van der Waals surface area contributed by atoms with Crippen LogP contribution in [-0.4, -0.2) is 12.8 Å². The Morgan fingerprint density at radius 1 is 0.414 bits per heavy atom. The fraction of sp³-hybridized carbons (Fsp3) is 0.515. The summed E-state index contributed by atoms with van der Waals surface area (Å²) in [5, 5.41) is 0. The van der Waals surface area contributed by atoms with E-state index in [0.717, 1.165) is 12.3 Å². The maximum absolute atomic E-state index is 7.93. The fourth-order valence-electron chi connectivity index (χ4n) is 15.2. The number of hydrogen-bond acceptors (Lipinski definition) is 3. The summed E-state index contributed by atoms with van der Waals surface area (Å²) in [7, 11) is 0. The third-order valence-corrected chi connectivity index (χ3v) is 20.4. The number of rotatable bonds is 3. The predicted octanol–water partition coefficient (Wildman–Crippen LogP) is 16.6. The van der Waals surface area contributed by atoms with Crippen molar-refractivity contribution in [1.82, 2.24) is 0 Å². The van der Waals surface area contributed by atoms with E-state index in [1.54, 1.807) is 0 Å². The third-order valence-electron chi connectivity index (χ3n) is 20.4. The van der Waals surface area contributed by atoms with Crippen LogP contribution in [-0.2, 0) is 37.2 Å². The van der Waals surface area contributed by atoms with Crippen molar-refractivity contribution in [3.05, 3.63) is 136 Å². The van der Waals surface area contributed by atoms with Gasteiger partial charge in [0.1, 0.15) is 6.10 Å². The highest BCUT2D eigenvalue weighted by Gasteiger charge is 2.61. The van der Waals surface area contributed by atoms with Crippen LogP contribution >= 0.6 is 0 Å². The molecular formula is C66H81BN2O. The van der Waals surface area contributed by atoms with E-state index in [9.17, 15) is 0 Å². The molecule has 12 rings (SSSR count). The number of benzene rings is 5. The second kappa shape index (κ2) is 14.5. The summed E-state index contributed by atoms with van der Waals surface area (Å²) in [5.41, 5.74) is 22.8. The SMILES string of the molecule is CC1(C)CCC(C)(C)c2cc(N3C4=C(B5c6cc7c(cc6N(c6ccc8c(c6)C(C)(C)CCC8(C)C)c6cc(-c8ccccc8)cc3c65)C(C)(C)CCC7(C)C)C3C(O4)C(C)(C)CCC3(C)C)ccc21. The number of fused-ring (bicyclic) bond motifs is 8. The molecule has 0 saturated heterocycles. The summed E-state index contributed by atoms with van der Waals surface area (Å²) < 4.78 is 7.93. The molecule has 2 unspecified atom stereocenters. The molecule has 0 radical (unpaired) electrons. The monoisotopic (exact) mass is 929 g/mol. The van der Waals surface area contributed by atoms with Gasteiger partial charge in [-0.15, -0.1) is 0 Å². The molecule has 7 aliphatic rings. The molecule has 0 amide bonds. The lowest BCUT2D eigenvalue weighted by molar-refractivity contribution is -0.0655. The molecule has 0 spiro atoms. The molecule has 1 fully saturated rings. The van der Waals surface area contributed by atoms with Crippen molar-refractivity contribution in [2.75, 3.05) is 9.80 Å². The first-order chi connectivity index (χ1) is 32.6. The average molecular weight is 929 g/mol. The Kier molecular flexibility index (Phi) is 9.61. The summed E-state index contributed by atoms with van der Waals surface area (Å²) >= 11 is 0. The minimum absolute atomic E-state index is 0.00435. The smallest absolute Gasteiger partial charge is 0.252 e. The van der Waals surface area contributed by atoms with Gasteiger partial charge in [-0.05, 0) is 193 Å². The van der Waals surface area contributed by atoms with E-state index >= 15 is 0 Å². The Hall–Kier alpha value is -4.70. The lowest BCUT2D eigenvalue weighted by Gasteiger charge is -2.50. The van der Waals surface area contributed by atoms with Gasteiger partial charge in [0.2, 0.25) is 0 Å². The third kappa shape index (κ3) is 6.58. The topological polar surface area (TPSA) is 15.7 Å². The number of ether oxygens (including phenoxy) is 1. The summed E-state index contributed by atoms with van der Waals surface area (Å²) in [6.45, 7) is 40.0. The van der Waals surface area contributed by atoms with Gasteiger partial charge in [0, 0.05) is 39.8 Å². The molecule has 70 heavy (non-hydrogen) atoms. The lowest BCUT2D eigenvalue weighted by Crippen LogP contribution is -2.59. The van der Waals surface area contributed by atoms with Gasteiger partial charge in [0.05, 0.1) is 0 Å². The number of anilines is 5. The van der Waals surface area contributed by atoms with Crippen LogP contribution in [0.4, 0.5) is 28.4 Å². The standard InChI is InChI=1S/C66H81BN2O/c1-59(2)26-28-61(5,6)46-36-42(22-24-44(46)59)68-51-39-49-48(63(9,10)30-31-64(49,11)12)38-50(51)67-55-52(68)34-41(40-20-18-17-19-21-40)35-53(55)69(43-23-25-45-47(37-43)62(7,8)29-27-60(45,3)4)58-56(67)54-57(70-58)66(15,16)33-32-65(54,13)14/h17-25,34-39,54,57H,26-33H2,1-16H3. The van der Waals surface area contributed by atoms with E-state index < -0.39 is 0 Å². The second-order valence-electron chi connectivity index (χ2n) is 28.9.